The molecule has 1 aromatic heterocycles. The number of hydrazone groups is 1. The molecule has 0 saturated heterocycles. The standard InChI is InChI=1S/C13H14N4OS/c1-9-8-19-13(16-9)17-15-7-10-3-5-11(6-4-10)12(18)14-2/h3-8H,1-2H3,(H,14,18)(H,16,17). The summed E-state index contributed by atoms with van der Waals surface area (Å²) in [4.78, 5) is 15.6. The maximum absolute atomic E-state index is 11.4. The van der Waals surface area contributed by atoms with Gasteiger partial charge in [0.1, 0.15) is 0 Å². The summed E-state index contributed by atoms with van der Waals surface area (Å²) in [5, 5.41) is 9.38. The Morgan fingerprint density at radius 2 is 2.11 bits per heavy atom. The number of nitrogens with one attached hydrogen (secondary N) is 2. The Morgan fingerprint density at radius 1 is 1.37 bits per heavy atom. The van der Waals surface area contributed by atoms with Crippen molar-refractivity contribution >= 4 is 28.6 Å². The molecule has 0 unspecified atom stereocenters. The van der Waals surface area contributed by atoms with Crippen LogP contribution in [0.1, 0.15) is 21.6 Å². The zero-order valence-corrected chi connectivity index (χ0v) is 11.5. The highest BCUT2D eigenvalue weighted by atomic mass is 32.1. The number of carbonyl (C=O) groups is 1. The van der Waals surface area contributed by atoms with Gasteiger partial charge in [0.05, 0.1) is 11.9 Å². The van der Waals surface area contributed by atoms with Crippen molar-refractivity contribution in [2.75, 3.05) is 12.5 Å². The van der Waals surface area contributed by atoms with Gasteiger partial charge in [0.2, 0.25) is 5.13 Å². The summed E-state index contributed by atoms with van der Waals surface area (Å²) in [5.41, 5.74) is 5.37. The monoisotopic (exact) mass is 274 g/mol. The molecule has 19 heavy (non-hydrogen) atoms. The van der Waals surface area contributed by atoms with Crippen LogP contribution in [-0.4, -0.2) is 24.2 Å². The molecule has 1 aromatic carbocycles. The highest BCUT2D eigenvalue weighted by molar-refractivity contribution is 7.13. The van der Waals surface area contributed by atoms with E-state index in [4.69, 9.17) is 0 Å². The van der Waals surface area contributed by atoms with Gasteiger partial charge in [-0.2, -0.15) is 5.10 Å². The lowest BCUT2D eigenvalue weighted by molar-refractivity contribution is 0.0963. The van der Waals surface area contributed by atoms with Crippen LogP contribution in [0, 0.1) is 6.92 Å². The molecular formula is C13H14N4OS. The van der Waals surface area contributed by atoms with E-state index in [2.05, 4.69) is 20.8 Å². The summed E-state index contributed by atoms with van der Waals surface area (Å²) in [6.07, 6.45) is 1.68. The Morgan fingerprint density at radius 3 is 2.68 bits per heavy atom. The van der Waals surface area contributed by atoms with Crippen molar-refractivity contribution in [1.29, 1.82) is 0 Å². The first-order valence-corrected chi connectivity index (χ1v) is 6.60. The third kappa shape index (κ3) is 3.62. The van der Waals surface area contributed by atoms with Crippen LogP contribution in [0.15, 0.2) is 34.7 Å². The van der Waals surface area contributed by atoms with Gasteiger partial charge >= 0.3 is 0 Å². The third-order valence-electron chi connectivity index (χ3n) is 2.39. The molecule has 0 saturated carbocycles. The number of aryl methyl sites for hydroxylation is 1. The maximum atomic E-state index is 11.4. The number of benzene rings is 1. The molecule has 0 aliphatic rings. The van der Waals surface area contributed by atoms with Crippen molar-refractivity contribution in [2.24, 2.45) is 5.10 Å². The first-order valence-electron chi connectivity index (χ1n) is 5.72. The predicted octanol–water partition coefficient (Wildman–Crippen LogP) is 2.26. The molecule has 2 aromatic rings. The Balaban J connectivity index is 1.97. The summed E-state index contributed by atoms with van der Waals surface area (Å²) in [5.74, 6) is -0.0973. The Labute approximate surface area is 115 Å². The van der Waals surface area contributed by atoms with E-state index in [1.165, 1.54) is 11.3 Å². The molecular weight excluding hydrogens is 260 g/mol. The van der Waals surface area contributed by atoms with Crippen LogP contribution in [0.25, 0.3) is 0 Å². The first kappa shape index (κ1) is 13.2. The molecule has 98 valence electrons. The average Bonchev–Trinajstić information content (AvgIpc) is 2.84. The second kappa shape index (κ2) is 6.10. The normalized spacial score (nSPS) is 10.6. The molecule has 0 radical (unpaired) electrons. The van der Waals surface area contributed by atoms with Gasteiger partial charge in [-0.25, -0.2) is 4.98 Å². The van der Waals surface area contributed by atoms with Crippen LogP contribution >= 0.6 is 11.3 Å². The van der Waals surface area contributed by atoms with Crippen LogP contribution in [0.4, 0.5) is 5.13 Å². The molecule has 2 rings (SSSR count). The van der Waals surface area contributed by atoms with E-state index in [1.807, 2.05) is 24.4 Å². The first-order chi connectivity index (χ1) is 9.19. The fourth-order valence-corrected chi connectivity index (χ4v) is 2.07. The molecule has 0 aliphatic heterocycles. The van der Waals surface area contributed by atoms with E-state index in [0.717, 1.165) is 16.4 Å². The van der Waals surface area contributed by atoms with Crippen molar-refractivity contribution in [1.82, 2.24) is 10.3 Å². The molecule has 0 spiro atoms. The second-order valence-corrected chi connectivity index (χ2v) is 4.72. The Kier molecular flexibility index (Phi) is 4.25. The number of anilines is 1. The molecule has 0 atom stereocenters. The highest BCUT2D eigenvalue weighted by Gasteiger charge is 2.01. The number of amides is 1. The van der Waals surface area contributed by atoms with Crippen molar-refractivity contribution in [3.63, 3.8) is 0 Å². The minimum absolute atomic E-state index is 0.0973. The number of aromatic nitrogens is 1. The van der Waals surface area contributed by atoms with Crippen LogP contribution in [0.5, 0.6) is 0 Å². The van der Waals surface area contributed by atoms with Gasteiger partial charge in [0, 0.05) is 18.0 Å². The third-order valence-corrected chi connectivity index (χ3v) is 3.26. The lowest BCUT2D eigenvalue weighted by atomic mass is 10.1. The van der Waals surface area contributed by atoms with Crippen LogP contribution < -0.4 is 10.7 Å². The summed E-state index contributed by atoms with van der Waals surface area (Å²) < 4.78 is 0. The highest BCUT2D eigenvalue weighted by Crippen LogP contribution is 2.13. The van der Waals surface area contributed by atoms with Crippen molar-refractivity contribution < 1.29 is 4.79 Å². The zero-order chi connectivity index (χ0) is 13.7. The SMILES string of the molecule is CNC(=O)c1ccc(C=NNc2nc(C)cs2)cc1. The van der Waals surface area contributed by atoms with Crippen molar-refractivity contribution in [3.05, 3.63) is 46.5 Å². The number of hydrogen-bond donors (Lipinski definition) is 2. The number of carbonyl (C=O) groups excluding carboxylic acids is 1. The summed E-state index contributed by atoms with van der Waals surface area (Å²) in [7, 11) is 1.61. The van der Waals surface area contributed by atoms with Gasteiger partial charge < -0.3 is 5.32 Å². The fraction of sp³-hybridized carbons (Fsp3) is 0.154. The smallest absolute Gasteiger partial charge is 0.251 e. The van der Waals surface area contributed by atoms with Gasteiger partial charge in [-0.3, -0.25) is 10.2 Å². The Hall–Kier alpha value is -2.21. The van der Waals surface area contributed by atoms with E-state index >= 15 is 0 Å². The van der Waals surface area contributed by atoms with Gasteiger partial charge in [-0.15, -0.1) is 11.3 Å². The summed E-state index contributed by atoms with van der Waals surface area (Å²) in [6, 6.07) is 7.19. The maximum Gasteiger partial charge on any atom is 0.251 e. The van der Waals surface area contributed by atoms with E-state index in [9.17, 15) is 4.79 Å². The molecule has 0 fully saturated rings. The molecule has 0 bridgehead atoms. The van der Waals surface area contributed by atoms with Gasteiger partial charge in [-0.05, 0) is 24.6 Å². The van der Waals surface area contributed by atoms with Crippen molar-refractivity contribution in [2.45, 2.75) is 6.92 Å². The van der Waals surface area contributed by atoms with E-state index in [1.54, 1.807) is 25.4 Å². The average molecular weight is 274 g/mol. The molecule has 1 heterocycles. The van der Waals surface area contributed by atoms with Gasteiger partial charge in [0.15, 0.2) is 0 Å². The molecule has 1 amide bonds. The van der Waals surface area contributed by atoms with Gasteiger partial charge in [0.25, 0.3) is 5.91 Å². The fourth-order valence-electron chi connectivity index (χ4n) is 1.43. The second-order valence-electron chi connectivity index (χ2n) is 3.87. The topological polar surface area (TPSA) is 66.4 Å². The molecule has 5 nitrogen and oxygen atoms in total. The van der Waals surface area contributed by atoms with E-state index in [0.29, 0.717) is 5.56 Å². The molecule has 2 N–H and O–H groups in total. The minimum Gasteiger partial charge on any atom is -0.355 e. The van der Waals surface area contributed by atoms with Crippen LogP contribution in [-0.2, 0) is 0 Å². The summed E-state index contributed by atoms with van der Waals surface area (Å²) in [6.45, 7) is 1.93. The number of nitrogens with zero attached hydrogens (tertiary/aromatic N) is 2. The lowest BCUT2D eigenvalue weighted by Crippen LogP contribution is -2.17. The lowest BCUT2D eigenvalue weighted by Gasteiger charge is -1.99. The largest absolute Gasteiger partial charge is 0.355 e. The van der Waals surface area contributed by atoms with Crippen LogP contribution in [0.2, 0.25) is 0 Å². The van der Waals surface area contributed by atoms with Gasteiger partial charge in [-0.1, -0.05) is 12.1 Å². The Bertz CT molecular complexity index is 589. The summed E-state index contributed by atoms with van der Waals surface area (Å²) >= 11 is 1.51. The molecule has 0 aliphatic carbocycles. The number of hydrogen-bond acceptors (Lipinski definition) is 5. The predicted molar refractivity (Wildman–Crippen MR) is 77.9 cm³/mol. The van der Waals surface area contributed by atoms with Crippen molar-refractivity contribution in [3.8, 4) is 0 Å². The number of thiazole rings is 1. The van der Waals surface area contributed by atoms with E-state index < -0.39 is 0 Å². The minimum atomic E-state index is -0.0973. The van der Waals surface area contributed by atoms with E-state index in [-0.39, 0.29) is 5.91 Å². The van der Waals surface area contributed by atoms with Crippen LogP contribution in [0.3, 0.4) is 0 Å². The molecule has 6 heteroatoms. The zero-order valence-electron chi connectivity index (χ0n) is 10.7. The quantitative estimate of drug-likeness (QED) is 0.664. The number of rotatable bonds is 4.